The predicted molar refractivity (Wildman–Crippen MR) is 90.7 cm³/mol. The molecular formula is C20H26O4. The van der Waals surface area contributed by atoms with Crippen LogP contribution in [0.3, 0.4) is 0 Å². The van der Waals surface area contributed by atoms with Gasteiger partial charge >= 0.3 is 11.9 Å². The van der Waals surface area contributed by atoms with Crippen molar-refractivity contribution in [3.63, 3.8) is 0 Å². The molecule has 1 saturated heterocycles. The van der Waals surface area contributed by atoms with Gasteiger partial charge in [0, 0.05) is 5.41 Å². The molecule has 0 spiro atoms. The first-order chi connectivity index (χ1) is 11.2. The van der Waals surface area contributed by atoms with Crippen molar-refractivity contribution in [2.45, 2.75) is 65.4 Å². The molecule has 1 heterocycles. The number of benzene rings is 1. The van der Waals surface area contributed by atoms with Gasteiger partial charge in [0.25, 0.3) is 0 Å². The highest BCUT2D eigenvalue weighted by molar-refractivity contribution is 5.94. The summed E-state index contributed by atoms with van der Waals surface area (Å²) in [6.07, 6.45) is 2.19. The normalized spacial score (nSPS) is 31.6. The number of carbonyl (C=O) groups excluding carboxylic acids is 2. The zero-order chi connectivity index (χ0) is 17.8. The Morgan fingerprint density at radius 1 is 1.29 bits per heavy atom. The molecule has 0 radical (unpaired) electrons. The molecule has 2 bridgehead atoms. The Labute approximate surface area is 143 Å². The molecule has 1 aromatic carbocycles. The van der Waals surface area contributed by atoms with E-state index in [1.807, 2.05) is 39.0 Å². The average Bonchev–Trinajstić information content (AvgIpc) is 2.84. The first-order valence-corrected chi connectivity index (χ1v) is 8.73. The largest absolute Gasteiger partial charge is 0.446 e. The van der Waals surface area contributed by atoms with E-state index in [9.17, 15) is 9.59 Å². The van der Waals surface area contributed by atoms with Crippen molar-refractivity contribution in [2.75, 3.05) is 0 Å². The van der Waals surface area contributed by atoms with E-state index >= 15 is 0 Å². The maximum absolute atomic E-state index is 12.9. The van der Waals surface area contributed by atoms with Gasteiger partial charge < -0.3 is 9.47 Å². The van der Waals surface area contributed by atoms with E-state index in [1.165, 1.54) is 0 Å². The highest BCUT2D eigenvalue weighted by Crippen LogP contribution is 2.65. The van der Waals surface area contributed by atoms with Crippen LogP contribution in [-0.4, -0.2) is 17.5 Å². The summed E-state index contributed by atoms with van der Waals surface area (Å²) in [6.45, 7) is 10.0. The zero-order valence-electron chi connectivity index (χ0n) is 15.1. The van der Waals surface area contributed by atoms with Crippen LogP contribution in [-0.2, 0) is 14.3 Å². The average molecular weight is 330 g/mol. The minimum atomic E-state index is -1.18. The summed E-state index contributed by atoms with van der Waals surface area (Å²) in [6, 6.07) is 7.61. The number of rotatable bonds is 4. The standard InChI is InChI=1S/C20H26O4/c1-6-13(2)14-8-7-9-15(12-14)23-17(22)20-11-10-19(5,16(21)24-20)18(20,3)4/h7-9,12-13H,6,10-11H2,1-5H3. The maximum Gasteiger partial charge on any atom is 0.356 e. The fourth-order valence-electron chi connectivity index (χ4n) is 4.01. The summed E-state index contributed by atoms with van der Waals surface area (Å²) in [5, 5.41) is 0. The molecule has 0 N–H and O–H groups in total. The summed E-state index contributed by atoms with van der Waals surface area (Å²) >= 11 is 0. The van der Waals surface area contributed by atoms with Crippen LogP contribution in [0.25, 0.3) is 0 Å². The van der Waals surface area contributed by atoms with E-state index in [0.29, 0.717) is 24.5 Å². The third-order valence-corrected chi connectivity index (χ3v) is 6.66. The van der Waals surface area contributed by atoms with Crippen LogP contribution in [0.15, 0.2) is 24.3 Å². The summed E-state index contributed by atoms with van der Waals surface area (Å²) in [5.74, 6) is 0.171. The van der Waals surface area contributed by atoms with Crippen LogP contribution in [0, 0.1) is 10.8 Å². The molecule has 1 aliphatic heterocycles. The number of esters is 2. The van der Waals surface area contributed by atoms with Gasteiger partial charge in [0.1, 0.15) is 5.75 Å². The molecular weight excluding hydrogens is 304 g/mol. The molecule has 2 fully saturated rings. The maximum atomic E-state index is 12.9. The zero-order valence-corrected chi connectivity index (χ0v) is 15.1. The fraction of sp³-hybridized carbons (Fsp3) is 0.600. The summed E-state index contributed by atoms with van der Waals surface area (Å²) < 4.78 is 11.3. The number of ether oxygens (including phenoxy) is 2. The Morgan fingerprint density at radius 3 is 2.54 bits per heavy atom. The van der Waals surface area contributed by atoms with Gasteiger partial charge in [-0.1, -0.05) is 39.8 Å². The molecule has 1 saturated carbocycles. The molecule has 3 rings (SSSR count). The SMILES string of the molecule is CCC(C)c1cccc(OC(=O)C23CCC(C)(C(=O)O2)C3(C)C)c1. The van der Waals surface area contributed by atoms with Gasteiger partial charge in [0.15, 0.2) is 0 Å². The molecule has 1 aliphatic carbocycles. The fourth-order valence-corrected chi connectivity index (χ4v) is 4.01. The lowest BCUT2D eigenvalue weighted by Crippen LogP contribution is -2.50. The number of carbonyl (C=O) groups is 2. The van der Waals surface area contributed by atoms with Gasteiger partial charge in [0.05, 0.1) is 5.41 Å². The Morgan fingerprint density at radius 2 is 2.00 bits per heavy atom. The van der Waals surface area contributed by atoms with Crippen molar-refractivity contribution >= 4 is 11.9 Å². The van der Waals surface area contributed by atoms with E-state index in [-0.39, 0.29) is 5.97 Å². The molecule has 0 amide bonds. The van der Waals surface area contributed by atoms with E-state index in [0.717, 1.165) is 12.0 Å². The van der Waals surface area contributed by atoms with Crippen molar-refractivity contribution in [3.05, 3.63) is 29.8 Å². The van der Waals surface area contributed by atoms with Gasteiger partial charge in [-0.3, -0.25) is 4.79 Å². The Kier molecular flexibility index (Phi) is 3.78. The number of hydrogen-bond donors (Lipinski definition) is 0. The lowest BCUT2D eigenvalue weighted by atomic mass is 9.66. The minimum absolute atomic E-state index is 0.288. The van der Waals surface area contributed by atoms with Crippen LogP contribution >= 0.6 is 0 Å². The highest BCUT2D eigenvalue weighted by Gasteiger charge is 2.76. The lowest BCUT2D eigenvalue weighted by molar-refractivity contribution is -0.176. The first-order valence-electron chi connectivity index (χ1n) is 8.73. The van der Waals surface area contributed by atoms with Crippen molar-refractivity contribution in [1.82, 2.24) is 0 Å². The molecule has 2 aliphatic rings. The highest BCUT2D eigenvalue weighted by atomic mass is 16.6. The number of fused-ring (bicyclic) bond motifs is 2. The third kappa shape index (κ3) is 2.04. The molecule has 3 unspecified atom stereocenters. The van der Waals surface area contributed by atoms with Crippen molar-refractivity contribution in [1.29, 1.82) is 0 Å². The summed E-state index contributed by atoms with van der Waals surface area (Å²) in [4.78, 5) is 25.2. The Bertz CT molecular complexity index is 693. The smallest absolute Gasteiger partial charge is 0.356 e. The molecule has 24 heavy (non-hydrogen) atoms. The van der Waals surface area contributed by atoms with Gasteiger partial charge in [-0.05, 0) is 49.8 Å². The van der Waals surface area contributed by atoms with Crippen LogP contribution in [0.1, 0.15) is 65.4 Å². The quantitative estimate of drug-likeness (QED) is 0.612. The van der Waals surface area contributed by atoms with Gasteiger partial charge in [-0.2, -0.15) is 0 Å². The second-order valence-corrected chi connectivity index (χ2v) is 7.94. The van der Waals surface area contributed by atoms with Crippen LogP contribution in [0.5, 0.6) is 5.75 Å². The van der Waals surface area contributed by atoms with Crippen LogP contribution < -0.4 is 4.74 Å². The minimum Gasteiger partial charge on any atom is -0.446 e. The van der Waals surface area contributed by atoms with Crippen molar-refractivity contribution < 1.29 is 19.1 Å². The second kappa shape index (κ2) is 5.33. The molecule has 1 aromatic rings. The van der Waals surface area contributed by atoms with Gasteiger partial charge in [-0.15, -0.1) is 0 Å². The third-order valence-electron chi connectivity index (χ3n) is 6.66. The van der Waals surface area contributed by atoms with Gasteiger partial charge in [0.2, 0.25) is 5.60 Å². The van der Waals surface area contributed by atoms with Gasteiger partial charge in [-0.25, -0.2) is 4.79 Å². The molecule has 130 valence electrons. The van der Waals surface area contributed by atoms with Crippen LogP contribution in [0.2, 0.25) is 0 Å². The Balaban J connectivity index is 1.87. The lowest BCUT2D eigenvalue weighted by Gasteiger charge is -2.34. The number of hydrogen-bond acceptors (Lipinski definition) is 4. The molecule has 4 heteroatoms. The van der Waals surface area contributed by atoms with Crippen molar-refractivity contribution in [3.8, 4) is 5.75 Å². The van der Waals surface area contributed by atoms with E-state index < -0.39 is 22.4 Å². The van der Waals surface area contributed by atoms with Crippen molar-refractivity contribution in [2.24, 2.45) is 10.8 Å². The second-order valence-electron chi connectivity index (χ2n) is 7.94. The molecule has 0 aromatic heterocycles. The molecule has 4 nitrogen and oxygen atoms in total. The first kappa shape index (κ1) is 17.0. The predicted octanol–water partition coefficient (Wildman–Crippen LogP) is 4.23. The monoisotopic (exact) mass is 330 g/mol. The van der Waals surface area contributed by atoms with E-state index in [2.05, 4.69) is 13.8 Å². The Hall–Kier alpha value is -1.84. The summed E-state index contributed by atoms with van der Waals surface area (Å²) in [7, 11) is 0. The summed E-state index contributed by atoms with van der Waals surface area (Å²) in [5.41, 5.74) is -1.24. The topological polar surface area (TPSA) is 52.6 Å². The van der Waals surface area contributed by atoms with E-state index in [1.54, 1.807) is 6.07 Å². The van der Waals surface area contributed by atoms with E-state index in [4.69, 9.17) is 9.47 Å². The molecule has 3 atom stereocenters. The van der Waals surface area contributed by atoms with Crippen LogP contribution in [0.4, 0.5) is 0 Å².